The molecule has 8 bridgehead atoms. The van der Waals surface area contributed by atoms with Gasteiger partial charge in [-0.2, -0.15) is 0 Å². The predicted octanol–water partition coefficient (Wildman–Crippen LogP) is 18.3. The number of benzene rings is 4. The van der Waals surface area contributed by atoms with Crippen LogP contribution in [0.4, 0.5) is 0 Å². The van der Waals surface area contributed by atoms with Crippen LogP contribution in [0.15, 0.2) is 48.5 Å². The smallest absolute Gasteiger partial charge is 0.168 e. The summed E-state index contributed by atoms with van der Waals surface area (Å²) in [6.45, 7) is 38.7. The Labute approximate surface area is 522 Å². The molecule has 9 rings (SSSR count). The van der Waals surface area contributed by atoms with Gasteiger partial charge < -0.3 is 47.9 Å². The lowest BCUT2D eigenvalue weighted by Crippen LogP contribution is -2.10. The van der Waals surface area contributed by atoms with Gasteiger partial charge in [-0.25, -0.2) is 29.9 Å². The van der Waals surface area contributed by atoms with E-state index in [1.165, 1.54) is 0 Å². The van der Waals surface area contributed by atoms with Gasteiger partial charge in [-0.3, -0.25) is 0 Å². The Hall–Kier alpha value is -7.36. The molecule has 0 saturated heterocycles. The summed E-state index contributed by atoms with van der Waals surface area (Å²) in [5, 5.41) is 2.70. The molecule has 0 amide bonds. The summed E-state index contributed by atoms with van der Waals surface area (Å²) in [4.78, 5) is 41.1. The molecule has 0 spiro atoms. The quantitative estimate of drug-likeness (QED) is 0.0406. The molecule has 16 nitrogen and oxygen atoms in total. The minimum atomic E-state index is 0.261. The van der Waals surface area contributed by atoms with Gasteiger partial charge in [0.05, 0.1) is 96.7 Å². The molecule has 3 aromatic heterocycles. The van der Waals surface area contributed by atoms with Crippen LogP contribution in [0.2, 0.25) is 0 Å². The van der Waals surface area contributed by atoms with E-state index in [4.69, 9.17) is 67.8 Å². The lowest BCUT2D eigenvalue weighted by atomic mass is 10.0. The lowest BCUT2D eigenvalue weighted by Gasteiger charge is -2.17. The number of nitrogens with zero attached hydrogens (tertiary/aromatic N) is 6. The van der Waals surface area contributed by atoms with E-state index in [2.05, 4.69) is 121 Å². The lowest BCUT2D eigenvalue weighted by molar-refractivity contribution is 0.252. The van der Waals surface area contributed by atoms with E-state index in [0.29, 0.717) is 189 Å². The van der Waals surface area contributed by atoms with E-state index < -0.39 is 0 Å². The van der Waals surface area contributed by atoms with Crippen molar-refractivity contribution in [2.75, 3.05) is 52.9 Å². The van der Waals surface area contributed by atoms with Gasteiger partial charge in [0.1, 0.15) is 68.6 Å². The number of fused-ring (bicyclic) bond motifs is 20. The fourth-order valence-electron chi connectivity index (χ4n) is 9.83. The van der Waals surface area contributed by atoms with Crippen LogP contribution in [0, 0.1) is 47.3 Å². The number of aromatic nitrogens is 8. The number of ether oxygens (including phenoxy) is 8. The van der Waals surface area contributed by atoms with Crippen LogP contribution in [0.3, 0.4) is 0 Å². The summed E-state index contributed by atoms with van der Waals surface area (Å²) >= 11 is 0. The van der Waals surface area contributed by atoms with E-state index in [9.17, 15) is 0 Å². The standard InChI is InChI=1S/C72H98N8O8/c1-17-41(9)33-81-49-25-26-50(82-34-42(10)18-2)58-57(49)65-73-66(58)78-68-61-53(85-37-45(13)21-5)29-30-54(86-38-46(14)22-6)62(61)70(75-68)80-72-64-56(88-40-48(16)24-8)32-31-55(87-39-47(15)23-7)63(64)71(76-72)79-69-60-52(84-36-44(12)20-4)28-27-51(83-35-43(11)19-3)59(60)67(74-69)77-65/h25-32,41-48H,17-24,33-40H2,1-16H3,(H2,73,74,75,76,77,78,79,80)/t41-,42-,43-,44-,45-,46-,47-,48-/m0/s1. The molecule has 0 saturated carbocycles. The van der Waals surface area contributed by atoms with E-state index in [1.807, 2.05) is 48.5 Å². The van der Waals surface area contributed by atoms with Crippen LogP contribution < -0.4 is 37.9 Å². The van der Waals surface area contributed by atoms with Crippen LogP contribution in [-0.4, -0.2) is 92.7 Å². The Morgan fingerprint density at radius 3 is 0.580 bits per heavy atom. The number of nitrogens with one attached hydrogen (secondary N) is 2. The second-order valence-electron chi connectivity index (χ2n) is 25.5. The van der Waals surface area contributed by atoms with Gasteiger partial charge in [0.15, 0.2) is 23.3 Å². The highest BCUT2D eigenvalue weighted by molar-refractivity contribution is 6.13. The molecule has 4 aromatic carbocycles. The van der Waals surface area contributed by atoms with E-state index in [-0.39, 0.29) is 47.3 Å². The van der Waals surface area contributed by atoms with Gasteiger partial charge in [0.2, 0.25) is 0 Å². The number of aromatic amines is 2. The van der Waals surface area contributed by atoms with Crippen LogP contribution in [-0.2, 0) is 0 Å². The zero-order valence-electron chi connectivity index (χ0n) is 55.5. The van der Waals surface area contributed by atoms with Crippen LogP contribution in [0.1, 0.15) is 162 Å². The first-order chi connectivity index (χ1) is 42.5. The summed E-state index contributed by atoms with van der Waals surface area (Å²) in [5.74, 6) is 8.39. The first-order valence-corrected chi connectivity index (χ1v) is 33.1. The monoisotopic (exact) mass is 1200 g/mol. The molecule has 0 unspecified atom stereocenters. The highest BCUT2D eigenvalue weighted by Gasteiger charge is 2.33. The van der Waals surface area contributed by atoms with Crippen molar-refractivity contribution in [1.82, 2.24) is 39.9 Å². The molecule has 7 aromatic rings. The number of H-pyrrole nitrogens is 2. The molecule has 0 radical (unpaired) electrons. The molecule has 0 fully saturated rings. The van der Waals surface area contributed by atoms with Crippen molar-refractivity contribution in [3.63, 3.8) is 0 Å². The molecule has 88 heavy (non-hydrogen) atoms. The van der Waals surface area contributed by atoms with Crippen molar-refractivity contribution < 1.29 is 37.9 Å². The van der Waals surface area contributed by atoms with Crippen molar-refractivity contribution in [1.29, 1.82) is 0 Å². The molecule has 474 valence electrons. The Bertz CT molecular complexity index is 3230. The average molecular weight is 1200 g/mol. The molecular formula is C72H98N8O8. The van der Waals surface area contributed by atoms with Crippen molar-refractivity contribution in [3.8, 4) is 91.5 Å². The zero-order chi connectivity index (χ0) is 62.8. The molecule has 2 aliphatic rings. The average Bonchev–Trinajstić information content (AvgIpc) is 2.36. The van der Waals surface area contributed by atoms with Crippen molar-refractivity contribution in [2.24, 2.45) is 47.3 Å². The van der Waals surface area contributed by atoms with Crippen molar-refractivity contribution in [3.05, 3.63) is 48.5 Å². The second kappa shape index (κ2) is 29.8. The fraction of sp³-hybridized carbons (Fsp3) is 0.556. The van der Waals surface area contributed by atoms with Gasteiger partial charge in [-0.05, 0) is 95.9 Å². The van der Waals surface area contributed by atoms with E-state index >= 15 is 0 Å². The summed E-state index contributed by atoms with van der Waals surface area (Å²) in [6.07, 6.45) is 7.47. The molecule has 16 heteroatoms. The van der Waals surface area contributed by atoms with Gasteiger partial charge in [0, 0.05) is 0 Å². The second-order valence-corrected chi connectivity index (χ2v) is 25.5. The Balaban J connectivity index is 1.53. The van der Waals surface area contributed by atoms with Gasteiger partial charge in [-0.1, -0.05) is 162 Å². The summed E-state index contributed by atoms with van der Waals surface area (Å²) in [7, 11) is 0. The largest absolute Gasteiger partial charge is 0.493 e. The fourth-order valence-corrected chi connectivity index (χ4v) is 9.83. The maximum Gasteiger partial charge on any atom is 0.168 e. The number of hydrogen-bond acceptors (Lipinski definition) is 14. The van der Waals surface area contributed by atoms with Crippen LogP contribution in [0.25, 0.3) is 89.7 Å². The van der Waals surface area contributed by atoms with Crippen LogP contribution >= 0.6 is 0 Å². The molecule has 0 aliphatic carbocycles. The first-order valence-electron chi connectivity index (χ1n) is 33.1. The summed E-state index contributed by atoms with van der Waals surface area (Å²) < 4.78 is 55.1. The third-order valence-electron chi connectivity index (χ3n) is 17.9. The molecular weight excluding hydrogens is 1100 g/mol. The van der Waals surface area contributed by atoms with Gasteiger partial charge in [0.25, 0.3) is 0 Å². The van der Waals surface area contributed by atoms with Crippen molar-refractivity contribution in [2.45, 2.75) is 162 Å². The Morgan fingerprint density at radius 1 is 0.250 bits per heavy atom. The number of rotatable bonds is 32. The van der Waals surface area contributed by atoms with E-state index in [0.717, 1.165) is 51.4 Å². The third kappa shape index (κ3) is 14.5. The zero-order valence-corrected chi connectivity index (χ0v) is 55.5. The first kappa shape index (κ1) is 65.1. The maximum absolute atomic E-state index is 6.89. The van der Waals surface area contributed by atoms with Gasteiger partial charge in [-0.15, -0.1) is 0 Å². The Morgan fingerprint density at radius 2 is 0.409 bits per heavy atom. The molecule has 5 heterocycles. The minimum Gasteiger partial charge on any atom is -0.493 e. The normalized spacial score (nSPS) is 14.7. The Kier molecular flexibility index (Phi) is 22.0. The predicted molar refractivity (Wildman–Crippen MR) is 356 cm³/mol. The molecule has 8 atom stereocenters. The highest BCUT2D eigenvalue weighted by Crippen LogP contribution is 2.51. The third-order valence-corrected chi connectivity index (χ3v) is 17.9. The van der Waals surface area contributed by atoms with Crippen LogP contribution in [0.5, 0.6) is 46.0 Å². The maximum atomic E-state index is 6.89. The topological polar surface area (TPSA) is 183 Å². The summed E-state index contributed by atoms with van der Waals surface area (Å²) in [6, 6.07) is 15.9. The number of hydrogen-bond donors (Lipinski definition) is 2. The van der Waals surface area contributed by atoms with Gasteiger partial charge >= 0.3 is 0 Å². The highest BCUT2D eigenvalue weighted by atomic mass is 16.5. The van der Waals surface area contributed by atoms with E-state index in [1.54, 1.807) is 0 Å². The minimum absolute atomic E-state index is 0.261. The molecule has 2 N–H and O–H groups in total. The SMILES string of the molecule is CC[C@H](C)COc1ccc(OC[C@@H](C)CC)c2c1-c1nc-2nc2[nH]c(nc3nc(nc4[nH]c(n1)c1c(OC[C@@H](C)CC)ccc(OC[C@@H](C)CC)c41)-c1c(OC[C@@H](C)CC)ccc(OC[C@@H](C)CC)c1-3)c1c(OC[C@@H](C)CC)ccc(OC[C@@H](C)CC)c21. The summed E-state index contributed by atoms with van der Waals surface area (Å²) in [5.41, 5.74) is 4.37. The molecule has 2 aliphatic heterocycles. The van der Waals surface area contributed by atoms with Crippen molar-refractivity contribution >= 4 is 44.1 Å².